The predicted molar refractivity (Wildman–Crippen MR) is 91.0 cm³/mol. The van der Waals surface area contributed by atoms with Gasteiger partial charge < -0.3 is 16.0 Å². The highest BCUT2D eigenvalue weighted by atomic mass is 19.1. The van der Waals surface area contributed by atoms with Crippen LogP contribution in [0.3, 0.4) is 0 Å². The molecule has 3 N–H and O–H groups in total. The number of amides is 1. The van der Waals surface area contributed by atoms with E-state index in [1.807, 2.05) is 44.2 Å². The van der Waals surface area contributed by atoms with Crippen molar-refractivity contribution < 1.29 is 9.18 Å². The fourth-order valence-electron chi connectivity index (χ4n) is 2.52. The van der Waals surface area contributed by atoms with Crippen LogP contribution in [0.4, 0.5) is 21.7 Å². The SMILES string of the molecule is CN(C)c1nn(C)c2ccc(Nc3ncc(F)cc3C(N)=O)cc12. The first kappa shape index (κ1) is 15.7. The van der Waals surface area contributed by atoms with Gasteiger partial charge in [0.05, 0.1) is 17.3 Å². The van der Waals surface area contributed by atoms with Crippen molar-refractivity contribution in [1.82, 2.24) is 14.8 Å². The summed E-state index contributed by atoms with van der Waals surface area (Å²) in [6, 6.07) is 6.70. The largest absolute Gasteiger partial charge is 0.365 e. The molecular formula is C16H17FN6O. The maximum Gasteiger partial charge on any atom is 0.252 e. The molecule has 0 saturated heterocycles. The number of aromatic nitrogens is 3. The quantitative estimate of drug-likeness (QED) is 0.765. The second kappa shape index (κ2) is 5.80. The lowest BCUT2D eigenvalue weighted by atomic mass is 10.2. The number of halogens is 1. The maximum absolute atomic E-state index is 13.3. The lowest BCUT2D eigenvalue weighted by molar-refractivity contribution is 0.100. The summed E-state index contributed by atoms with van der Waals surface area (Å²) in [5.41, 5.74) is 6.94. The number of carbonyl (C=O) groups excluding carboxylic acids is 1. The van der Waals surface area contributed by atoms with Gasteiger partial charge in [-0.25, -0.2) is 9.37 Å². The first-order valence-electron chi connectivity index (χ1n) is 7.23. The molecule has 0 atom stereocenters. The summed E-state index contributed by atoms with van der Waals surface area (Å²) in [5, 5.41) is 8.42. The minimum Gasteiger partial charge on any atom is -0.365 e. The van der Waals surface area contributed by atoms with Gasteiger partial charge in [0.2, 0.25) is 0 Å². The van der Waals surface area contributed by atoms with E-state index in [-0.39, 0.29) is 11.4 Å². The molecule has 1 aromatic carbocycles. The second-order valence-corrected chi connectivity index (χ2v) is 5.61. The van der Waals surface area contributed by atoms with E-state index in [1.165, 1.54) is 0 Å². The zero-order valence-electron chi connectivity index (χ0n) is 13.5. The van der Waals surface area contributed by atoms with Crippen LogP contribution in [0.15, 0.2) is 30.5 Å². The Morgan fingerprint density at radius 2 is 2.08 bits per heavy atom. The highest BCUT2D eigenvalue weighted by Crippen LogP contribution is 2.29. The summed E-state index contributed by atoms with van der Waals surface area (Å²) in [6.07, 6.45) is 1.03. The molecule has 8 heteroatoms. The van der Waals surface area contributed by atoms with E-state index in [4.69, 9.17) is 5.73 Å². The number of rotatable bonds is 4. The number of fused-ring (bicyclic) bond motifs is 1. The third kappa shape index (κ3) is 2.73. The van der Waals surface area contributed by atoms with Gasteiger partial charge in [-0.05, 0) is 24.3 Å². The van der Waals surface area contributed by atoms with Crippen LogP contribution in [0.2, 0.25) is 0 Å². The lowest BCUT2D eigenvalue weighted by Crippen LogP contribution is -2.14. The molecule has 3 aromatic rings. The molecule has 0 aliphatic rings. The van der Waals surface area contributed by atoms with Gasteiger partial charge in [0.15, 0.2) is 5.82 Å². The molecule has 2 heterocycles. The number of benzene rings is 1. The van der Waals surface area contributed by atoms with Crippen molar-refractivity contribution in [3.8, 4) is 0 Å². The zero-order valence-corrected chi connectivity index (χ0v) is 13.5. The third-order valence-electron chi connectivity index (χ3n) is 3.64. The van der Waals surface area contributed by atoms with Gasteiger partial charge in [-0.2, -0.15) is 5.10 Å². The van der Waals surface area contributed by atoms with E-state index >= 15 is 0 Å². The smallest absolute Gasteiger partial charge is 0.252 e. The van der Waals surface area contributed by atoms with Crippen molar-refractivity contribution in [2.45, 2.75) is 0 Å². The molecule has 2 aromatic heterocycles. The number of aryl methyl sites for hydroxylation is 1. The normalized spacial score (nSPS) is 10.8. The van der Waals surface area contributed by atoms with Crippen molar-refractivity contribution >= 4 is 34.1 Å². The fraction of sp³-hybridized carbons (Fsp3) is 0.188. The molecule has 0 radical (unpaired) electrons. The number of primary amides is 1. The van der Waals surface area contributed by atoms with E-state index in [1.54, 1.807) is 4.68 Å². The van der Waals surface area contributed by atoms with Crippen molar-refractivity contribution in [3.05, 3.63) is 41.8 Å². The summed E-state index contributed by atoms with van der Waals surface area (Å²) < 4.78 is 15.1. The number of anilines is 3. The number of hydrogen-bond donors (Lipinski definition) is 2. The van der Waals surface area contributed by atoms with Gasteiger partial charge in [-0.15, -0.1) is 0 Å². The Hall–Kier alpha value is -3.16. The van der Waals surface area contributed by atoms with Crippen LogP contribution in [0, 0.1) is 5.82 Å². The number of carbonyl (C=O) groups is 1. The van der Waals surface area contributed by atoms with E-state index < -0.39 is 11.7 Å². The van der Waals surface area contributed by atoms with E-state index in [9.17, 15) is 9.18 Å². The Morgan fingerprint density at radius 1 is 1.33 bits per heavy atom. The summed E-state index contributed by atoms with van der Waals surface area (Å²) in [7, 11) is 5.69. The maximum atomic E-state index is 13.3. The van der Waals surface area contributed by atoms with Crippen LogP contribution < -0.4 is 16.0 Å². The zero-order chi connectivity index (χ0) is 17.4. The molecule has 0 saturated carbocycles. The van der Waals surface area contributed by atoms with Crippen LogP contribution in [0.5, 0.6) is 0 Å². The van der Waals surface area contributed by atoms with Gasteiger partial charge in [0, 0.05) is 32.2 Å². The summed E-state index contributed by atoms with van der Waals surface area (Å²) in [6.45, 7) is 0. The monoisotopic (exact) mass is 328 g/mol. The molecule has 3 rings (SSSR count). The molecule has 0 fully saturated rings. The molecule has 0 spiro atoms. The number of nitrogens with two attached hydrogens (primary N) is 1. The summed E-state index contributed by atoms with van der Waals surface area (Å²) in [4.78, 5) is 17.3. The number of nitrogens with zero attached hydrogens (tertiary/aromatic N) is 4. The van der Waals surface area contributed by atoms with Gasteiger partial charge >= 0.3 is 0 Å². The third-order valence-corrected chi connectivity index (χ3v) is 3.64. The van der Waals surface area contributed by atoms with Crippen LogP contribution in [0.25, 0.3) is 10.9 Å². The van der Waals surface area contributed by atoms with Crippen LogP contribution in [-0.2, 0) is 7.05 Å². The van der Waals surface area contributed by atoms with Crippen LogP contribution in [-0.4, -0.2) is 34.8 Å². The van der Waals surface area contributed by atoms with Crippen LogP contribution in [0.1, 0.15) is 10.4 Å². The Kier molecular flexibility index (Phi) is 3.80. The molecular weight excluding hydrogens is 311 g/mol. The molecule has 0 bridgehead atoms. The number of pyridine rings is 1. The standard InChI is InChI=1S/C16H17FN6O/c1-22(2)16-11-7-10(4-5-13(11)23(3)21-16)20-15-12(14(18)24)6-9(17)8-19-15/h4-8H,1-3H3,(H2,18,24)(H,19,20). The van der Waals surface area contributed by atoms with Gasteiger partial charge in [0.25, 0.3) is 5.91 Å². The number of nitrogens with one attached hydrogen (secondary N) is 1. The van der Waals surface area contributed by atoms with Crippen molar-refractivity contribution in [3.63, 3.8) is 0 Å². The Morgan fingerprint density at radius 3 is 2.75 bits per heavy atom. The van der Waals surface area contributed by atoms with Crippen molar-refractivity contribution in [2.24, 2.45) is 12.8 Å². The topological polar surface area (TPSA) is 89.1 Å². The molecule has 1 amide bonds. The Balaban J connectivity index is 2.05. The molecule has 0 aliphatic heterocycles. The highest BCUT2D eigenvalue weighted by molar-refractivity contribution is 5.99. The van der Waals surface area contributed by atoms with E-state index in [0.29, 0.717) is 5.69 Å². The lowest BCUT2D eigenvalue weighted by Gasteiger charge is -2.11. The number of hydrogen-bond acceptors (Lipinski definition) is 5. The van der Waals surface area contributed by atoms with Crippen molar-refractivity contribution in [1.29, 1.82) is 0 Å². The van der Waals surface area contributed by atoms with Crippen molar-refractivity contribution in [2.75, 3.05) is 24.3 Å². The van der Waals surface area contributed by atoms with Gasteiger partial charge in [0.1, 0.15) is 11.6 Å². The Labute approximate surface area is 137 Å². The van der Waals surface area contributed by atoms with E-state index in [0.717, 1.165) is 29.0 Å². The molecule has 24 heavy (non-hydrogen) atoms. The Bertz CT molecular complexity index is 934. The fourth-order valence-corrected chi connectivity index (χ4v) is 2.52. The second-order valence-electron chi connectivity index (χ2n) is 5.61. The minimum atomic E-state index is -0.749. The highest BCUT2D eigenvalue weighted by Gasteiger charge is 2.14. The first-order valence-corrected chi connectivity index (χ1v) is 7.23. The molecule has 124 valence electrons. The molecule has 0 unspecified atom stereocenters. The molecule has 0 aliphatic carbocycles. The summed E-state index contributed by atoms with van der Waals surface area (Å²) in [5.74, 6) is -0.343. The predicted octanol–water partition coefficient (Wildman–Crippen LogP) is 2.02. The minimum absolute atomic E-state index is 0.00545. The molecule has 7 nitrogen and oxygen atoms in total. The average Bonchev–Trinajstić information content (AvgIpc) is 2.86. The van der Waals surface area contributed by atoms with Gasteiger partial charge in [-0.1, -0.05) is 0 Å². The average molecular weight is 328 g/mol. The van der Waals surface area contributed by atoms with Gasteiger partial charge in [-0.3, -0.25) is 9.48 Å². The first-order chi connectivity index (χ1) is 11.4. The van der Waals surface area contributed by atoms with E-state index in [2.05, 4.69) is 15.4 Å². The van der Waals surface area contributed by atoms with Crippen LogP contribution >= 0.6 is 0 Å². The summed E-state index contributed by atoms with van der Waals surface area (Å²) >= 11 is 0.